The van der Waals surface area contributed by atoms with Crippen molar-refractivity contribution in [1.82, 2.24) is 14.5 Å². The number of amides is 1. The molecule has 1 atom stereocenters. The molecule has 3 heterocycles. The largest absolute Gasteiger partial charge is 0.431 e. The number of halogens is 3. The van der Waals surface area contributed by atoms with E-state index in [1.807, 2.05) is 0 Å². The molecule has 126 valence electrons. The zero-order valence-corrected chi connectivity index (χ0v) is 11.7. The summed E-state index contributed by atoms with van der Waals surface area (Å²) in [5, 5.41) is 11.6. The van der Waals surface area contributed by atoms with E-state index < -0.39 is 40.3 Å². The number of rotatable bonds is 2. The van der Waals surface area contributed by atoms with Crippen molar-refractivity contribution in [3.8, 4) is 0 Å². The molecule has 0 saturated carbocycles. The van der Waals surface area contributed by atoms with Crippen LogP contribution in [-0.4, -0.2) is 31.7 Å². The highest BCUT2D eigenvalue weighted by Gasteiger charge is 2.66. The maximum atomic E-state index is 13.1. The molecule has 1 aliphatic rings. The lowest BCUT2D eigenvalue weighted by atomic mass is 9.97. The van der Waals surface area contributed by atoms with Crippen molar-refractivity contribution in [3.63, 3.8) is 0 Å². The molecule has 11 heteroatoms. The number of H-pyrrole nitrogens is 1. The molecule has 0 saturated heterocycles. The summed E-state index contributed by atoms with van der Waals surface area (Å²) < 4.78 is 40.1. The fourth-order valence-electron chi connectivity index (χ4n) is 2.42. The predicted molar refractivity (Wildman–Crippen MR) is 73.2 cm³/mol. The van der Waals surface area contributed by atoms with E-state index in [2.05, 4.69) is 4.98 Å². The number of nitrogens with zero attached hydrogens (tertiary/aromatic N) is 2. The molecule has 1 aliphatic heterocycles. The number of hydrogen-bond acceptors (Lipinski definition) is 5. The van der Waals surface area contributed by atoms with Crippen LogP contribution in [0.1, 0.15) is 11.3 Å². The van der Waals surface area contributed by atoms with E-state index >= 15 is 0 Å². The molecule has 2 aromatic heterocycles. The van der Waals surface area contributed by atoms with Gasteiger partial charge < -0.3 is 10.4 Å². The van der Waals surface area contributed by atoms with Gasteiger partial charge in [-0.1, -0.05) is 6.07 Å². The molecule has 0 fully saturated rings. The first-order chi connectivity index (χ1) is 11.2. The third-order valence-corrected chi connectivity index (χ3v) is 3.58. The van der Waals surface area contributed by atoms with Crippen LogP contribution >= 0.6 is 0 Å². The average Bonchev–Trinajstić information content (AvgIpc) is 2.78. The summed E-state index contributed by atoms with van der Waals surface area (Å²) in [7, 11) is 0. The highest BCUT2D eigenvalue weighted by atomic mass is 19.4. The van der Waals surface area contributed by atoms with Crippen molar-refractivity contribution < 1.29 is 23.1 Å². The van der Waals surface area contributed by atoms with Gasteiger partial charge in [0.1, 0.15) is 11.4 Å². The molecule has 0 spiro atoms. The minimum atomic E-state index is -5.44. The standard InChI is InChI=1S/C13H9F3N4O4/c14-13(15,16)12(24)7-8(18-10(12)22)20(11(23)19-9(7)21)5-6-3-1-2-4-17-6/h1-4,24H,5H2,(H,18,22)(H,19,21,23). The Morgan fingerprint density at radius 2 is 1.96 bits per heavy atom. The van der Waals surface area contributed by atoms with Crippen molar-refractivity contribution in [1.29, 1.82) is 0 Å². The van der Waals surface area contributed by atoms with E-state index in [4.69, 9.17) is 0 Å². The fraction of sp³-hybridized carbons (Fsp3) is 0.231. The molecule has 0 aromatic carbocycles. The monoisotopic (exact) mass is 342 g/mol. The minimum absolute atomic E-state index is 0.297. The van der Waals surface area contributed by atoms with Crippen LogP contribution in [-0.2, 0) is 16.9 Å². The lowest BCUT2D eigenvalue weighted by Crippen LogP contribution is -2.50. The molecule has 0 bridgehead atoms. The van der Waals surface area contributed by atoms with Crippen molar-refractivity contribution in [3.05, 3.63) is 56.5 Å². The Morgan fingerprint density at radius 1 is 1.25 bits per heavy atom. The van der Waals surface area contributed by atoms with Gasteiger partial charge in [-0.2, -0.15) is 13.2 Å². The second kappa shape index (κ2) is 5.03. The summed E-state index contributed by atoms with van der Waals surface area (Å²) in [6, 6.07) is 4.67. The van der Waals surface area contributed by atoms with Gasteiger partial charge in [0.05, 0.1) is 12.2 Å². The lowest BCUT2D eigenvalue weighted by molar-refractivity contribution is -0.252. The SMILES string of the molecule is O=C1Nc2c(c(=O)[nH]c(=O)n2Cc2ccccn2)C1(O)C(F)(F)F. The molecule has 0 radical (unpaired) electrons. The topological polar surface area (TPSA) is 117 Å². The number of carbonyl (C=O) groups is 1. The van der Waals surface area contributed by atoms with Crippen molar-refractivity contribution >= 4 is 11.7 Å². The van der Waals surface area contributed by atoms with E-state index in [-0.39, 0.29) is 6.54 Å². The molecule has 3 N–H and O–H groups in total. The molecule has 24 heavy (non-hydrogen) atoms. The molecule has 2 aromatic rings. The van der Waals surface area contributed by atoms with Crippen molar-refractivity contribution in [2.45, 2.75) is 18.3 Å². The van der Waals surface area contributed by atoms with Crippen LogP contribution in [0.2, 0.25) is 0 Å². The fourth-order valence-corrected chi connectivity index (χ4v) is 2.42. The average molecular weight is 342 g/mol. The number of anilines is 1. The van der Waals surface area contributed by atoms with Gasteiger partial charge >= 0.3 is 11.9 Å². The summed E-state index contributed by atoms with van der Waals surface area (Å²) in [6.45, 7) is -0.312. The number of alkyl halides is 3. The van der Waals surface area contributed by atoms with Gasteiger partial charge in [-0.15, -0.1) is 0 Å². The second-order valence-electron chi connectivity index (χ2n) is 5.05. The Labute approximate surface area is 130 Å². The highest BCUT2D eigenvalue weighted by molar-refractivity contribution is 6.04. The highest BCUT2D eigenvalue weighted by Crippen LogP contribution is 2.44. The third-order valence-electron chi connectivity index (χ3n) is 3.58. The van der Waals surface area contributed by atoms with Gasteiger partial charge in [-0.3, -0.25) is 24.1 Å². The van der Waals surface area contributed by atoms with E-state index in [1.165, 1.54) is 12.3 Å². The van der Waals surface area contributed by atoms with Gasteiger partial charge in [0.15, 0.2) is 0 Å². The number of aromatic amines is 1. The Balaban J connectivity index is 2.25. The molecule has 1 unspecified atom stereocenters. The van der Waals surface area contributed by atoms with Crippen LogP contribution < -0.4 is 16.6 Å². The molecular weight excluding hydrogens is 333 g/mol. The Bertz CT molecular complexity index is 935. The molecular formula is C13H9F3N4O4. The van der Waals surface area contributed by atoms with E-state index in [1.54, 1.807) is 22.4 Å². The Kier molecular flexibility index (Phi) is 3.34. The first kappa shape index (κ1) is 15.9. The summed E-state index contributed by atoms with van der Waals surface area (Å²) in [5.41, 5.74) is -7.54. The number of hydrogen-bond donors (Lipinski definition) is 3. The quantitative estimate of drug-likeness (QED) is 0.692. The van der Waals surface area contributed by atoms with E-state index in [0.29, 0.717) is 10.3 Å². The zero-order valence-electron chi connectivity index (χ0n) is 11.7. The minimum Gasteiger partial charge on any atom is -0.368 e. The lowest BCUT2D eigenvalue weighted by Gasteiger charge is -2.22. The number of pyridine rings is 1. The van der Waals surface area contributed by atoms with E-state index in [0.717, 1.165) is 0 Å². The van der Waals surface area contributed by atoms with Gasteiger partial charge in [-0.05, 0) is 12.1 Å². The number of fused-ring (bicyclic) bond motifs is 1. The predicted octanol–water partition coefficient (Wildman–Crippen LogP) is -0.318. The molecule has 0 aliphatic carbocycles. The first-order valence-electron chi connectivity index (χ1n) is 6.54. The Morgan fingerprint density at radius 3 is 2.54 bits per heavy atom. The summed E-state index contributed by atoms with van der Waals surface area (Å²) in [4.78, 5) is 41.0. The normalized spacial score (nSPS) is 19.9. The summed E-state index contributed by atoms with van der Waals surface area (Å²) >= 11 is 0. The maximum absolute atomic E-state index is 13.1. The third kappa shape index (κ3) is 2.12. The number of carbonyl (C=O) groups excluding carboxylic acids is 1. The van der Waals surface area contributed by atoms with E-state index in [9.17, 15) is 32.7 Å². The second-order valence-corrected chi connectivity index (χ2v) is 5.05. The number of nitrogens with one attached hydrogen (secondary N) is 2. The van der Waals surface area contributed by atoms with Gasteiger partial charge in [-0.25, -0.2) is 4.79 Å². The van der Waals surface area contributed by atoms with Crippen LogP contribution in [0, 0.1) is 0 Å². The molecule has 1 amide bonds. The van der Waals surface area contributed by atoms with Crippen molar-refractivity contribution in [2.24, 2.45) is 0 Å². The summed E-state index contributed by atoms with van der Waals surface area (Å²) in [6.07, 6.45) is -4.04. The van der Waals surface area contributed by atoms with Gasteiger partial charge in [0.2, 0.25) is 0 Å². The Hall–Kier alpha value is -2.95. The number of aromatic nitrogens is 3. The van der Waals surface area contributed by atoms with Crippen LogP contribution in [0.5, 0.6) is 0 Å². The maximum Gasteiger partial charge on any atom is 0.431 e. The summed E-state index contributed by atoms with van der Waals surface area (Å²) in [5.74, 6) is -2.56. The first-order valence-corrected chi connectivity index (χ1v) is 6.54. The smallest absolute Gasteiger partial charge is 0.368 e. The van der Waals surface area contributed by atoms with Crippen LogP contribution in [0.15, 0.2) is 34.0 Å². The zero-order chi connectivity index (χ0) is 17.7. The molecule has 3 rings (SSSR count). The van der Waals surface area contributed by atoms with Gasteiger partial charge in [0.25, 0.3) is 17.1 Å². The van der Waals surface area contributed by atoms with Crippen molar-refractivity contribution in [2.75, 3.05) is 5.32 Å². The van der Waals surface area contributed by atoms with Crippen LogP contribution in [0.25, 0.3) is 0 Å². The van der Waals surface area contributed by atoms with Crippen LogP contribution in [0.3, 0.4) is 0 Å². The van der Waals surface area contributed by atoms with Gasteiger partial charge in [0, 0.05) is 6.20 Å². The van der Waals surface area contributed by atoms with Crippen LogP contribution in [0.4, 0.5) is 19.0 Å². The molecule has 8 nitrogen and oxygen atoms in total. The number of aliphatic hydroxyl groups is 1.